The molecule has 2 amide bonds. The first kappa shape index (κ1) is 15.5. The molecule has 2 N–H and O–H groups in total. The minimum Gasteiger partial charge on any atom is -0.389 e. The zero-order valence-corrected chi connectivity index (χ0v) is 11.7. The molecule has 1 rings (SSSR count). The molecular weight excluding hydrogens is 244 g/mol. The van der Waals surface area contributed by atoms with E-state index >= 15 is 0 Å². The van der Waals surface area contributed by atoms with Crippen LogP contribution in [0, 0.1) is 0 Å². The third-order valence-electron chi connectivity index (χ3n) is 2.83. The summed E-state index contributed by atoms with van der Waals surface area (Å²) in [7, 11) is 3.16. The lowest BCUT2D eigenvalue weighted by atomic mass is 10.1. The van der Waals surface area contributed by atoms with Crippen molar-refractivity contribution < 1.29 is 14.6 Å². The second kappa shape index (κ2) is 7.76. The average molecular weight is 266 g/mol. The molecule has 0 radical (unpaired) electrons. The number of nitrogens with zero attached hydrogens (tertiary/aromatic N) is 1. The molecule has 1 aromatic rings. The first-order valence-electron chi connectivity index (χ1n) is 6.35. The van der Waals surface area contributed by atoms with Crippen LogP contribution in [-0.4, -0.2) is 49.5 Å². The summed E-state index contributed by atoms with van der Waals surface area (Å²) in [4.78, 5) is 13.4. The van der Waals surface area contributed by atoms with Gasteiger partial charge in [0.05, 0.1) is 19.3 Å². The second-order valence-electron chi connectivity index (χ2n) is 4.43. The average Bonchev–Trinajstić information content (AvgIpc) is 2.39. The zero-order chi connectivity index (χ0) is 14.3. The molecule has 0 saturated carbocycles. The van der Waals surface area contributed by atoms with Crippen LogP contribution < -0.4 is 5.32 Å². The standard InChI is InChI=1S/C14H22N2O3/c1-4-11-7-5-6-8-13(11)15-14(18)16(2)9-12(17)10-19-3/h5-8,12,17H,4,9-10H2,1-3H3,(H,15,18). The van der Waals surface area contributed by atoms with E-state index < -0.39 is 6.10 Å². The van der Waals surface area contributed by atoms with Crippen LogP contribution in [0.15, 0.2) is 24.3 Å². The molecule has 1 unspecified atom stereocenters. The van der Waals surface area contributed by atoms with Crippen molar-refractivity contribution in [1.29, 1.82) is 0 Å². The van der Waals surface area contributed by atoms with E-state index in [4.69, 9.17) is 4.74 Å². The molecule has 0 aromatic heterocycles. The first-order valence-corrected chi connectivity index (χ1v) is 6.35. The number of carbonyl (C=O) groups is 1. The summed E-state index contributed by atoms with van der Waals surface area (Å²) in [5, 5.41) is 12.4. The van der Waals surface area contributed by atoms with Crippen LogP contribution in [0.2, 0.25) is 0 Å². The molecule has 0 bridgehead atoms. The van der Waals surface area contributed by atoms with Gasteiger partial charge in [-0.05, 0) is 18.1 Å². The van der Waals surface area contributed by atoms with E-state index in [1.165, 1.54) is 12.0 Å². The summed E-state index contributed by atoms with van der Waals surface area (Å²) < 4.78 is 4.83. The van der Waals surface area contributed by atoms with Gasteiger partial charge in [0.25, 0.3) is 0 Å². The van der Waals surface area contributed by atoms with Crippen molar-refractivity contribution in [3.63, 3.8) is 0 Å². The number of hydrogen-bond acceptors (Lipinski definition) is 3. The summed E-state index contributed by atoms with van der Waals surface area (Å²) >= 11 is 0. The van der Waals surface area contributed by atoms with Crippen molar-refractivity contribution in [2.75, 3.05) is 32.6 Å². The molecule has 0 saturated heterocycles. The van der Waals surface area contributed by atoms with Crippen LogP contribution in [-0.2, 0) is 11.2 Å². The fourth-order valence-corrected chi connectivity index (χ4v) is 1.81. The lowest BCUT2D eigenvalue weighted by molar-refractivity contribution is 0.0501. The van der Waals surface area contributed by atoms with Gasteiger partial charge in [-0.1, -0.05) is 25.1 Å². The van der Waals surface area contributed by atoms with Gasteiger partial charge < -0.3 is 20.1 Å². The largest absolute Gasteiger partial charge is 0.389 e. The Morgan fingerprint density at radius 2 is 2.16 bits per heavy atom. The maximum Gasteiger partial charge on any atom is 0.321 e. The number of aliphatic hydroxyl groups excluding tert-OH is 1. The summed E-state index contributed by atoms with van der Waals surface area (Å²) in [5.41, 5.74) is 1.89. The number of rotatable bonds is 6. The molecule has 1 aromatic carbocycles. The number of hydrogen-bond donors (Lipinski definition) is 2. The Balaban J connectivity index is 2.58. The molecule has 0 heterocycles. The normalized spacial score (nSPS) is 12.0. The summed E-state index contributed by atoms with van der Waals surface area (Å²) in [6.07, 6.45) is 0.175. The number of benzene rings is 1. The number of aliphatic hydroxyl groups is 1. The number of amides is 2. The Hall–Kier alpha value is -1.59. The predicted octanol–water partition coefficient (Wildman–Crippen LogP) is 1.72. The number of carbonyl (C=O) groups excluding carboxylic acids is 1. The van der Waals surface area contributed by atoms with Crippen molar-refractivity contribution >= 4 is 11.7 Å². The highest BCUT2D eigenvalue weighted by atomic mass is 16.5. The van der Waals surface area contributed by atoms with Gasteiger partial charge in [0, 0.05) is 19.8 Å². The summed E-state index contributed by atoms with van der Waals surface area (Å²) in [6.45, 7) is 2.48. The van der Waals surface area contributed by atoms with Crippen LogP contribution >= 0.6 is 0 Å². The second-order valence-corrected chi connectivity index (χ2v) is 4.43. The van der Waals surface area contributed by atoms with Crippen LogP contribution in [0.5, 0.6) is 0 Å². The molecule has 0 aliphatic carbocycles. The zero-order valence-electron chi connectivity index (χ0n) is 11.7. The minimum atomic E-state index is -0.679. The van der Waals surface area contributed by atoms with Gasteiger partial charge in [0.1, 0.15) is 0 Å². The van der Waals surface area contributed by atoms with Crippen molar-refractivity contribution in [3.05, 3.63) is 29.8 Å². The van der Waals surface area contributed by atoms with Gasteiger partial charge in [-0.15, -0.1) is 0 Å². The quantitative estimate of drug-likeness (QED) is 0.824. The molecule has 5 nitrogen and oxygen atoms in total. The van der Waals surface area contributed by atoms with Crippen molar-refractivity contribution in [2.45, 2.75) is 19.4 Å². The maximum absolute atomic E-state index is 12.0. The van der Waals surface area contributed by atoms with Crippen molar-refractivity contribution in [2.24, 2.45) is 0 Å². The van der Waals surface area contributed by atoms with Gasteiger partial charge in [0.15, 0.2) is 0 Å². The molecule has 0 fully saturated rings. The summed E-state index contributed by atoms with van der Waals surface area (Å²) in [6, 6.07) is 7.44. The highest BCUT2D eigenvalue weighted by molar-refractivity contribution is 5.90. The third kappa shape index (κ3) is 4.89. The maximum atomic E-state index is 12.0. The Kier molecular flexibility index (Phi) is 6.32. The van der Waals surface area contributed by atoms with E-state index in [1.54, 1.807) is 7.05 Å². The van der Waals surface area contributed by atoms with Gasteiger partial charge in [0.2, 0.25) is 0 Å². The van der Waals surface area contributed by atoms with Gasteiger partial charge >= 0.3 is 6.03 Å². The number of para-hydroxylation sites is 1. The topological polar surface area (TPSA) is 61.8 Å². The van der Waals surface area contributed by atoms with E-state index in [0.29, 0.717) is 0 Å². The molecule has 0 aliphatic heterocycles. The lowest BCUT2D eigenvalue weighted by Gasteiger charge is -2.21. The number of urea groups is 1. The van der Waals surface area contributed by atoms with Crippen LogP contribution in [0.3, 0.4) is 0 Å². The van der Waals surface area contributed by atoms with Crippen molar-refractivity contribution in [3.8, 4) is 0 Å². The SMILES string of the molecule is CCc1ccccc1NC(=O)N(C)CC(O)COC. The highest BCUT2D eigenvalue weighted by Crippen LogP contribution is 2.15. The fraction of sp³-hybridized carbons (Fsp3) is 0.500. The van der Waals surface area contributed by atoms with Crippen LogP contribution in [0.4, 0.5) is 10.5 Å². The molecule has 0 spiro atoms. The number of methoxy groups -OCH3 is 1. The fourth-order valence-electron chi connectivity index (χ4n) is 1.81. The Morgan fingerprint density at radius 1 is 1.47 bits per heavy atom. The molecule has 106 valence electrons. The van der Waals surface area contributed by atoms with Crippen molar-refractivity contribution in [1.82, 2.24) is 4.90 Å². The number of likely N-dealkylation sites (N-methyl/N-ethyl adjacent to an activating group) is 1. The predicted molar refractivity (Wildman–Crippen MR) is 75.4 cm³/mol. The number of aryl methyl sites for hydroxylation is 1. The van der Waals surface area contributed by atoms with E-state index in [0.717, 1.165) is 17.7 Å². The van der Waals surface area contributed by atoms with Gasteiger partial charge in [-0.2, -0.15) is 0 Å². The monoisotopic (exact) mass is 266 g/mol. The van der Waals surface area contributed by atoms with E-state index in [2.05, 4.69) is 5.32 Å². The Morgan fingerprint density at radius 3 is 2.79 bits per heavy atom. The van der Waals surface area contributed by atoms with E-state index in [1.807, 2.05) is 31.2 Å². The third-order valence-corrected chi connectivity index (χ3v) is 2.83. The highest BCUT2D eigenvalue weighted by Gasteiger charge is 2.14. The van der Waals surface area contributed by atoms with E-state index in [-0.39, 0.29) is 19.2 Å². The first-order chi connectivity index (χ1) is 9.08. The molecule has 1 atom stereocenters. The van der Waals surface area contributed by atoms with Crippen LogP contribution in [0.25, 0.3) is 0 Å². The molecule has 19 heavy (non-hydrogen) atoms. The minimum absolute atomic E-state index is 0.211. The van der Waals surface area contributed by atoms with Crippen LogP contribution in [0.1, 0.15) is 12.5 Å². The van der Waals surface area contributed by atoms with E-state index in [9.17, 15) is 9.90 Å². The number of anilines is 1. The molecule has 5 heteroatoms. The lowest BCUT2D eigenvalue weighted by Crippen LogP contribution is -2.38. The molecular formula is C14H22N2O3. The smallest absolute Gasteiger partial charge is 0.321 e. The Labute approximate surface area is 114 Å². The summed E-state index contributed by atoms with van der Waals surface area (Å²) in [5.74, 6) is 0. The van der Waals surface area contributed by atoms with Gasteiger partial charge in [-0.3, -0.25) is 0 Å². The Bertz CT molecular complexity index is 409. The van der Waals surface area contributed by atoms with Gasteiger partial charge in [-0.25, -0.2) is 4.79 Å². The number of nitrogens with one attached hydrogen (secondary N) is 1. The number of ether oxygens (including phenoxy) is 1. The molecule has 0 aliphatic rings.